The molecular weight excluding hydrogens is 331 g/mol. The minimum absolute atomic E-state index is 0.152. The Labute approximate surface area is 146 Å². The van der Waals surface area contributed by atoms with Gasteiger partial charge in [0.25, 0.3) is 0 Å². The average molecular weight is 351 g/mol. The Morgan fingerprint density at radius 2 is 1.96 bits per heavy atom. The largest absolute Gasteiger partial charge is 0.495 e. The van der Waals surface area contributed by atoms with Crippen LogP contribution in [0.1, 0.15) is 12.5 Å². The first-order valence-electron chi connectivity index (χ1n) is 7.50. The number of benzene rings is 2. The van der Waals surface area contributed by atoms with Gasteiger partial charge in [-0.3, -0.25) is 9.69 Å². The van der Waals surface area contributed by atoms with E-state index in [1.54, 1.807) is 30.3 Å². The molecule has 128 valence electrons. The second-order valence-electron chi connectivity index (χ2n) is 5.56. The molecule has 4 nitrogen and oxygen atoms in total. The highest BCUT2D eigenvalue weighted by Gasteiger charge is 2.18. The minimum atomic E-state index is -0.365. The number of rotatable bonds is 6. The third kappa shape index (κ3) is 4.69. The number of carbonyl (C=O) groups excluding carboxylic acids is 1. The zero-order valence-corrected chi connectivity index (χ0v) is 14.6. The van der Waals surface area contributed by atoms with E-state index in [0.29, 0.717) is 23.0 Å². The van der Waals surface area contributed by atoms with E-state index < -0.39 is 0 Å². The van der Waals surface area contributed by atoms with Gasteiger partial charge in [-0.15, -0.1) is 0 Å². The van der Waals surface area contributed by atoms with Crippen LogP contribution in [0.25, 0.3) is 0 Å². The number of halogens is 2. The summed E-state index contributed by atoms with van der Waals surface area (Å²) >= 11 is 6.06. The van der Waals surface area contributed by atoms with Crippen LogP contribution < -0.4 is 10.1 Å². The van der Waals surface area contributed by atoms with E-state index >= 15 is 0 Å². The summed E-state index contributed by atoms with van der Waals surface area (Å²) in [5, 5.41) is 3.26. The van der Waals surface area contributed by atoms with Gasteiger partial charge in [-0.05, 0) is 49.9 Å². The SMILES string of the molecule is COc1ccc(NC(=O)C(C)N(C)Cc2ccc(F)cc2)cc1Cl. The Kier molecular flexibility index (Phi) is 6.17. The van der Waals surface area contributed by atoms with Crippen molar-refractivity contribution in [3.8, 4) is 5.75 Å². The molecule has 1 amide bonds. The molecule has 0 radical (unpaired) electrons. The predicted molar refractivity (Wildman–Crippen MR) is 94.0 cm³/mol. The van der Waals surface area contributed by atoms with Gasteiger partial charge in [0.1, 0.15) is 11.6 Å². The smallest absolute Gasteiger partial charge is 0.241 e. The zero-order chi connectivity index (χ0) is 17.7. The van der Waals surface area contributed by atoms with Gasteiger partial charge in [-0.1, -0.05) is 23.7 Å². The Bertz CT molecular complexity index is 707. The van der Waals surface area contributed by atoms with Gasteiger partial charge >= 0.3 is 0 Å². The number of likely N-dealkylation sites (N-methyl/N-ethyl adjacent to an activating group) is 1. The number of ether oxygens (including phenoxy) is 1. The lowest BCUT2D eigenvalue weighted by atomic mass is 10.2. The standard InChI is InChI=1S/C18H20ClFN2O2/c1-12(22(2)11-13-4-6-14(20)7-5-13)18(23)21-15-8-9-17(24-3)16(19)10-15/h4-10,12H,11H2,1-3H3,(H,21,23). The van der Waals surface area contributed by atoms with Crippen molar-refractivity contribution in [1.82, 2.24) is 4.90 Å². The fourth-order valence-corrected chi connectivity index (χ4v) is 2.46. The molecule has 0 bridgehead atoms. The summed E-state index contributed by atoms with van der Waals surface area (Å²) in [6.07, 6.45) is 0. The first kappa shape index (κ1) is 18.2. The van der Waals surface area contributed by atoms with Crippen LogP contribution in [0.2, 0.25) is 5.02 Å². The number of amides is 1. The van der Waals surface area contributed by atoms with Crippen LogP contribution in [0, 0.1) is 5.82 Å². The van der Waals surface area contributed by atoms with Gasteiger partial charge in [0, 0.05) is 12.2 Å². The summed E-state index contributed by atoms with van der Waals surface area (Å²) in [4.78, 5) is 14.3. The van der Waals surface area contributed by atoms with E-state index in [0.717, 1.165) is 5.56 Å². The molecular formula is C18H20ClFN2O2. The molecule has 0 saturated carbocycles. The highest BCUT2D eigenvalue weighted by molar-refractivity contribution is 6.32. The Balaban J connectivity index is 1.98. The van der Waals surface area contributed by atoms with Crippen molar-refractivity contribution in [2.45, 2.75) is 19.5 Å². The molecule has 0 aliphatic carbocycles. The molecule has 0 saturated heterocycles. The third-order valence-electron chi connectivity index (χ3n) is 3.81. The highest BCUT2D eigenvalue weighted by Crippen LogP contribution is 2.27. The summed E-state index contributed by atoms with van der Waals surface area (Å²) in [5.74, 6) is 0.126. The average Bonchev–Trinajstić information content (AvgIpc) is 2.56. The monoisotopic (exact) mass is 350 g/mol. The van der Waals surface area contributed by atoms with Crippen molar-refractivity contribution in [1.29, 1.82) is 0 Å². The van der Waals surface area contributed by atoms with Crippen molar-refractivity contribution in [2.75, 3.05) is 19.5 Å². The molecule has 24 heavy (non-hydrogen) atoms. The number of nitrogens with zero attached hydrogens (tertiary/aromatic N) is 1. The van der Waals surface area contributed by atoms with Crippen molar-refractivity contribution in [3.05, 3.63) is 58.9 Å². The minimum Gasteiger partial charge on any atom is -0.495 e. The number of methoxy groups -OCH3 is 1. The van der Waals surface area contributed by atoms with Crippen LogP contribution in [0.15, 0.2) is 42.5 Å². The van der Waals surface area contributed by atoms with Gasteiger partial charge in [-0.2, -0.15) is 0 Å². The lowest BCUT2D eigenvalue weighted by Crippen LogP contribution is -2.39. The van der Waals surface area contributed by atoms with E-state index in [-0.39, 0.29) is 17.8 Å². The van der Waals surface area contributed by atoms with Crippen LogP contribution >= 0.6 is 11.6 Å². The van der Waals surface area contributed by atoms with Crippen LogP contribution in [-0.2, 0) is 11.3 Å². The Morgan fingerprint density at radius 1 is 1.29 bits per heavy atom. The summed E-state index contributed by atoms with van der Waals surface area (Å²) in [6, 6.07) is 10.9. The maximum Gasteiger partial charge on any atom is 0.241 e. The van der Waals surface area contributed by atoms with Crippen LogP contribution in [-0.4, -0.2) is 31.0 Å². The Morgan fingerprint density at radius 3 is 2.54 bits per heavy atom. The van der Waals surface area contributed by atoms with Crippen LogP contribution in [0.4, 0.5) is 10.1 Å². The first-order valence-corrected chi connectivity index (χ1v) is 7.87. The number of anilines is 1. The lowest BCUT2D eigenvalue weighted by Gasteiger charge is -2.24. The van der Waals surface area contributed by atoms with Gasteiger partial charge in [-0.25, -0.2) is 4.39 Å². The number of carbonyl (C=O) groups is 1. The quantitative estimate of drug-likeness (QED) is 0.857. The van der Waals surface area contributed by atoms with Crippen LogP contribution in [0.3, 0.4) is 0 Å². The molecule has 2 aromatic rings. The van der Waals surface area contributed by atoms with E-state index in [1.165, 1.54) is 19.2 Å². The fraction of sp³-hybridized carbons (Fsp3) is 0.278. The van der Waals surface area contributed by atoms with E-state index in [1.807, 2.05) is 18.9 Å². The zero-order valence-electron chi connectivity index (χ0n) is 13.8. The molecule has 2 aromatic carbocycles. The number of hydrogen-bond donors (Lipinski definition) is 1. The van der Waals surface area contributed by atoms with Gasteiger partial charge in [0.2, 0.25) is 5.91 Å². The fourth-order valence-electron chi connectivity index (χ4n) is 2.21. The van der Waals surface area contributed by atoms with Crippen LogP contribution in [0.5, 0.6) is 5.75 Å². The molecule has 0 aromatic heterocycles. The summed E-state index contributed by atoms with van der Waals surface area (Å²) in [5.41, 5.74) is 1.54. The maximum atomic E-state index is 12.9. The normalized spacial score (nSPS) is 12.1. The second-order valence-corrected chi connectivity index (χ2v) is 5.96. The lowest BCUT2D eigenvalue weighted by molar-refractivity contribution is -0.120. The van der Waals surface area contributed by atoms with Crippen molar-refractivity contribution in [2.24, 2.45) is 0 Å². The predicted octanol–water partition coefficient (Wildman–Crippen LogP) is 3.95. The second kappa shape index (κ2) is 8.13. The topological polar surface area (TPSA) is 41.6 Å². The summed E-state index contributed by atoms with van der Waals surface area (Å²) in [6.45, 7) is 2.35. The van der Waals surface area contributed by atoms with E-state index in [4.69, 9.17) is 16.3 Å². The molecule has 6 heteroatoms. The Hall–Kier alpha value is -2.11. The van der Waals surface area contributed by atoms with Crippen molar-refractivity contribution in [3.63, 3.8) is 0 Å². The molecule has 1 atom stereocenters. The maximum absolute atomic E-state index is 12.9. The molecule has 1 N–H and O–H groups in total. The summed E-state index contributed by atoms with van der Waals surface area (Å²) in [7, 11) is 3.38. The molecule has 2 rings (SSSR count). The van der Waals surface area contributed by atoms with Gasteiger partial charge in [0.05, 0.1) is 18.2 Å². The highest BCUT2D eigenvalue weighted by atomic mass is 35.5. The molecule has 0 spiro atoms. The van der Waals surface area contributed by atoms with Gasteiger partial charge in [0.15, 0.2) is 0 Å². The van der Waals surface area contributed by atoms with Crippen molar-refractivity contribution < 1.29 is 13.9 Å². The van der Waals surface area contributed by atoms with Crippen molar-refractivity contribution >= 4 is 23.2 Å². The molecule has 0 aliphatic rings. The number of hydrogen-bond acceptors (Lipinski definition) is 3. The first-order chi connectivity index (χ1) is 11.4. The summed E-state index contributed by atoms with van der Waals surface area (Å²) < 4.78 is 18.0. The molecule has 0 fully saturated rings. The van der Waals surface area contributed by atoms with Gasteiger partial charge < -0.3 is 10.1 Å². The van der Waals surface area contributed by atoms with E-state index in [9.17, 15) is 9.18 Å². The number of nitrogens with one attached hydrogen (secondary N) is 1. The molecule has 0 aliphatic heterocycles. The third-order valence-corrected chi connectivity index (χ3v) is 4.10. The molecule has 1 unspecified atom stereocenters. The van der Waals surface area contributed by atoms with E-state index in [2.05, 4.69) is 5.32 Å². The molecule has 0 heterocycles.